The number of nitrogens with one attached hydrogen (secondary N) is 1. The van der Waals surface area contributed by atoms with Crippen LogP contribution in [-0.4, -0.2) is 16.1 Å². The van der Waals surface area contributed by atoms with Crippen molar-refractivity contribution in [2.24, 2.45) is 5.16 Å². The third-order valence-electron chi connectivity index (χ3n) is 2.98. The Kier molecular flexibility index (Phi) is 4.66. The van der Waals surface area contributed by atoms with Gasteiger partial charge in [-0.1, -0.05) is 65.8 Å². The van der Waals surface area contributed by atoms with E-state index in [0.29, 0.717) is 12.1 Å². The summed E-state index contributed by atoms with van der Waals surface area (Å²) in [6, 6.07) is 18.6. The van der Waals surface area contributed by atoms with Gasteiger partial charge in [-0.05, 0) is 11.1 Å². The molecule has 98 valence electrons. The molecule has 0 bridgehead atoms. The molecule has 2 aromatic rings. The Balaban J connectivity index is 2.18. The summed E-state index contributed by atoms with van der Waals surface area (Å²) < 4.78 is 0. The molecule has 4 heteroatoms. The van der Waals surface area contributed by atoms with Crippen molar-refractivity contribution in [1.29, 1.82) is 0 Å². The van der Waals surface area contributed by atoms with Crippen molar-refractivity contribution in [1.82, 2.24) is 5.48 Å². The van der Waals surface area contributed by atoms with Crippen LogP contribution in [0.5, 0.6) is 0 Å². The van der Waals surface area contributed by atoms with E-state index in [-0.39, 0.29) is 6.04 Å². The third-order valence-corrected chi connectivity index (χ3v) is 2.98. The normalized spacial score (nSPS) is 13.2. The van der Waals surface area contributed by atoms with E-state index in [1.165, 1.54) is 0 Å². The fourth-order valence-corrected chi connectivity index (χ4v) is 1.96. The van der Waals surface area contributed by atoms with Crippen LogP contribution in [-0.2, 0) is 0 Å². The molecule has 0 aliphatic carbocycles. The number of oxime groups is 1. The zero-order chi connectivity index (χ0) is 13.5. The molecule has 0 amide bonds. The maximum atomic E-state index is 9.28. The first-order chi connectivity index (χ1) is 9.35. The van der Waals surface area contributed by atoms with Crippen LogP contribution in [0.15, 0.2) is 65.8 Å². The van der Waals surface area contributed by atoms with Gasteiger partial charge in [0, 0.05) is 6.42 Å². The zero-order valence-corrected chi connectivity index (χ0v) is 10.4. The molecule has 2 rings (SSSR count). The van der Waals surface area contributed by atoms with Crippen molar-refractivity contribution in [2.45, 2.75) is 12.5 Å². The van der Waals surface area contributed by atoms with Gasteiger partial charge in [-0.15, -0.1) is 0 Å². The van der Waals surface area contributed by atoms with Gasteiger partial charge >= 0.3 is 0 Å². The number of benzene rings is 2. The number of rotatable bonds is 5. The van der Waals surface area contributed by atoms with Crippen LogP contribution in [0.25, 0.3) is 0 Å². The van der Waals surface area contributed by atoms with E-state index in [9.17, 15) is 5.21 Å². The summed E-state index contributed by atoms with van der Waals surface area (Å²) in [6.45, 7) is 0. The summed E-state index contributed by atoms with van der Waals surface area (Å²) >= 11 is 0. The van der Waals surface area contributed by atoms with Gasteiger partial charge in [-0.2, -0.15) is 5.48 Å². The molecule has 0 unspecified atom stereocenters. The second-order valence-corrected chi connectivity index (χ2v) is 4.21. The monoisotopic (exact) mass is 256 g/mol. The molecule has 0 saturated carbocycles. The van der Waals surface area contributed by atoms with Gasteiger partial charge in [0.05, 0.1) is 11.8 Å². The molecule has 0 aliphatic heterocycles. The quantitative estimate of drug-likeness (QED) is 0.438. The number of hydrogen-bond donors (Lipinski definition) is 3. The van der Waals surface area contributed by atoms with E-state index in [1.807, 2.05) is 60.7 Å². The van der Waals surface area contributed by atoms with Crippen molar-refractivity contribution in [2.75, 3.05) is 0 Å². The van der Waals surface area contributed by atoms with Gasteiger partial charge in [-0.3, -0.25) is 0 Å². The first kappa shape index (κ1) is 13.3. The maximum Gasteiger partial charge on any atom is 0.0887 e. The summed E-state index contributed by atoms with van der Waals surface area (Å²) in [4.78, 5) is 0. The Labute approximate surface area is 112 Å². The lowest BCUT2D eigenvalue weighted by Crippen LogP contribution is -2.21. The second-order valence-electron chi connectivity index (χ2n) is 4.21. The van der Waals surface area contributed by atoms with Gasteiger partial charge in [0.25, 0.3) is 0 Å². The van der Waals surface area contributed by atoms with Crippen molar-refractivity contribution >= 4 is 5.71 Å². The Morgan fingerprint density at radius 3 is 2.11 bits per heavy atom. The Bertz CT molecular complexity index is 526. The predicted molar refractivity (Wildman–Crippen MR) is 73.5 cm³/mol. The number of hydrogen-bond acceptors (Lipinski definition) is 4. The summed E-state index contributed by atoms with van der Waals surface area (Å²) in [5, 5.41) is 21.8. The fourth-order valence-electron chi connectivity index (χ4n) is 1.96. The SMILES string of the molecule is O/N=C(\C[C@@H](NO)c1ccccc1)c1ccccc1. The molecule has 1 atom stereocenters. The first-order valence-electron chi connectivity index (χ1n) is 6.06. The van der Waals surface area contributed by atoms with Crippen molar-refractivity contribution in [3.05, 3.63) is 71.8 Å². The van der Waals surface area contributed by atoms with Gasteiger partial charge in [-0.25, -0.2) is 0 Å². The first-order valence-corrected chi connectivity index (χ1v) is 6.06. The molecule has 0 radical (unpaired) electrons. The highest BCUT2D eigenvalue weighted by Crippen LogP contribution is 2.19. The molecule has 0 fully saturated rings. The Hall–Kier alpha value is -2.17. The highest BCUT2D eigenvalue weighted by molar-refractivity contribution is 6.00. The van der Waals surface area contributed by atoms with Crippen molar-refractivity contribution < 1.29 is 10.4 Å². The van der Waals surface area contributed by atoms with Gasteiger partial charge < -0.3 is 10.4 Å². The lowest BCUT2D eigenvalue weighted by Gasteiger charge is -2.16. The van der Waals surface area contributed by atoms with Crippen LogP contribution in [0.1, 0.15) is 23.6 Å². The standard InChI is InChI=1S/C15H16N2O2/c18-16-14(12-7-3-1-4-8-12)11-15(17-19)13-9-5-2-6-10-13/h1-10,14,16,18-19H,11H2/b17-15+/t14-/m1/s1. The van der Waals surface area contributed by atoms with Crippen LogP contribution in [0.2, 0.25) is 0 Å². The minimum absolute atomic E-state index is 0.313. The number of nitrogens with zero attached hydrogens (tertiary/aromatic N) is 1. The average molecular weight is 256 g/mol. The van der Waals surface area contributed by atoms with Crippen LogP contribution >= 0.6 is 0 Å². The second kappa shape index (κ2) is 6.68. The summed E-state index contributed by atoms with van der Waals surface area (Å²) in [5.41, 5.74) is 4.55. The van der Waals surface area contributed by atoms with E-state index in [4.69, 9.17) is 5.21 Å². The van der Waals surface area contributed by atoms with Crippen LogP contribution in [0, 0.1) is 0 Å². The van der Waals surface area contributed by atoms with Gasteiger partial charge in [0.15, 0.2) is 0 Å². The average Bonchev–Trinajstić information content (AvgIpc) is 2.50. The molecule has 0 saturated heterocycles. The highest BCUT2D eigenvalue weighted by atomic mass is 16.5. The Morgan fingerprint density at radius 1 is 1.00 bits per heavy atom. The molecule has 0 spiro atoms. The van der Waals surface area contributed by atoms with Crippen LogP contribution in [0.3, 0.4) is 0 Å². The van der Waals surface area contributed by atoms with Gasteiger partial charge in [0.1, 0.15) is 0 Å². The molecule has 0 aromatic heterocycles. The summed E-state index contributed by atoms with van der Waals surface area (Å²) in [5.74, 6) is 0. The minimum atomic E-state index is -0.313. The fraction of sp³-hybridized carbons (Fsp3) is 0.133. The topological polar surface area (TPSA) is 64.9 Å². The molecular weight excluding hydrogens is 240 g/mol. The van der Waals surface area contributed by atoms with E-state index in [2.05, 4.69) is 10.6 Å². The van der Waals surface area contributed by atoms with E-state index >= 15 is 0 Å². The minimum Gasteiger partial charge on any atom is -0.411 e. The lowest BCUT2D eigenvalue weighted by molar-refractivity contribution is 0.128. The predicted octanol–water partition coefficient (Wildman–Crippen LogP) is 2.98. The maximum absolute atomic E-state index is 9.28. The molecule has 19 heavy (non-hydrogen) atoms. The molecule has 4 nitrogen and oxygen atoms in total. The van der Waals surface area contributed by atoms with Crippen LogP contribution in [0.4, 0.5) is 0 Å². The van der Waals surface area contributed by atoms with Gasteiger partial charge in [0.2, 0.25) is 0 Å². The number of hydroxylamine groups is 1. The molecule has 2 aromatic carbocycles. The molecule has 0 aliphatic rings. The van der Waals surface area contributed by atoms with E-state index in [1.54, 1.807) is 0 Å². The molecule has 3 N–H and O–H groups in total. The van der Waals surface area contributed by atoms with Crippen molar-refractivity contribution in [3.63, 3.8) is 0 Å². The molecule has 0 heterocycles. The molecular formula is C15H16N2O2. The summed E-state index contributed by atoms with van der Waals surface area (Å²) in [7, 11) is 0. The van der Waals surface area contributed by atoms with Crippen LogP contribution < -0.4 is 5.48 Å². The highest BCUT2D eigenvalue weighted by Gasteiger charge is 2.15. The van der Waals surface area contributed by atoms with E-state index < -0.39 is 0 Å². The van der Waals surface area contributed by atoms with Crippen molar-refractivity contribution in [3.8, 4) is 0 Å². The largest absolute Gasteiger partial charge is 0.411 e. The third kappa shape index (κ3) is 3.40. The van der Waals surface area contributed by atoms with E-state index in [0.717, 1.165) is 11.1 Å². The Morgan fingerprint density at radius 2 is 1.58 bits per heavy atom. The zero-order valence-electron chi connectivity index (χ0n) is 10.4. The summed E-state index contributed by atoms with van der Waals surface area (Å²) in [6.07, 6.45) is 0.390. The smallest absolute Gasteiger partial charge is 0.0887 e. The lowest BCUT2D eigenvalue weighted by atomic mass is 9.98.